The molecule has 1 fully saturated rings. The van der Waals surface area contributed by atoms with Gasteiger partial charge in [0.15, 0.2) is 17.3 Å². The van der Waals surface area contributed by atoms with Gasteiger partial charge in [0.25, 0.3) is 0 Å². The van der Waals surface area contributed by atoms with Crippen molar-refractivity contribution in [1.29, 1.82) is 0 Å². The summed E-state index contributed by atoms with van der Waals surface area (Å²) in [5.41, 5.74) is 0.883. The number of likely N-dealkylation sites (tertiary alicyclic amines) is 1. The fourth-order valence-corrected chi connectivity index (χ4v) is 2.93. The highest BCUT2D eigenvalue weighted by Crippen LogP contribution is 2.33. The van der Waals surface area contributed by atoms with Gasteiger partial charge in [0.05, 0.1) is 0 Å². The zero-order valence-corrected chi connectivity index (χ0v) is 12.7. The van der Waals surface area contributed by atoms with Gasteiger partial charge in [0, 0.05) is 19.0 Å². The van der Waals surface area contributed by atoms with Crippen LogP contribution in [-0.2, 0) is 16.1 Å². The number of carbonyl (C=O) groups is 2. The van der Waals surface area contributed by atoms with Crippen LogP contribution in [-0.4, -0.2) is 34.7 Å². The van der Waals surface area contributed by atoms with Crippen LogP contribution < -0.4 is 14.8 Å². The van der Waals surface area contributed by atoms with E-state index in [1.54, 1.807) is 11.0 Å². The van der Waals surface area contributed by atoms with Crippen LogP contribution in [0.15, 0.2) is 35.1 Å². The van der Waals surface area contributed by atoms with Crippen LogP contribution in [0.25, 0.3) is 0 Å². The third-order valence-electron chi connectivity index (χ3n) is 4.11. The average Bonchev–Trinajstić information content (AvgIpc) is 3.29. The molecule has 8 nitrogen and oxygen atoms in total. The molecule has 0 bridgehead atoms. The first-order valence-corrected chi connectivity index (χ1v) is 7.60. The zero-order chi connectivity index (χ0) is 16.5. The lowest BCUT2D eigenvalue weighted by Gasteiger charge is -2.23. The van der Waals surface area contributed by atoms with Crippen LogP contribution in [0, 0.1) is 0 Å². The molecule has 2 aliphatic rings. The molecule has 1 saturated heterocycles. The second kappa shape index (κ2) is 5.88. The second-order valence-corrected chi connectivity index (χ2v) is 5.64. The first kappa shape index (κ1) is 14.6. The number of fused-ring (bicyclic) bond motifs is 1. The van der Waals surface area contributed by atoms with Gasteiger partial charge in [-0.15, -0.1) is 0 Å². The number of rotatable bonds is 4. The average molecular weight is 329 g/mol. The molecule has 1 unspecified atom stereocenters. The van der Waals surface area contributed by atoms with E-state index < -0.39 is 6.04 Å². The van der Waals surface area contributed by atoms with Crippen LogP contribution in [0.1, 0.15) is 18.4 Å². The monoisotopic (exact) mass is 329 g/mol. The van der Waals surface area contributed by atoms with Gasteiger partial charge in [-0.05, 0) is 24.1 Å². The van der Waals surface area contributed by atoms with Gasteiger partial charge in [0.2, 0.25) is 18.6 Å². The molecule has 24 heavy (non-hydrogen) atoms. The van der Waals surface area contributed by atoms with E-state index in [2.05, 4.69) is 10.5 Å². The highest BCUT2D eigenvalue weighted by atomic mass is 16.7. The fraction of sp³-hybridized carbons (Fsp3) is 0.312. The van der Waals surface area contributed by atoms with Crippen molar-refractivity contribution < 1.29 is 23.6 Å². The quantitative estimate of drug-likeness (QED) is 0.914. The second-order valence-electron chi connectivity index (χ2n) is 5.64. The predicted molar refractivity (Wildman–Crippen MR) is 81.3 cm³/mol. The summed E-state index contributed by atoms with van der Waals surface area (Å²) in [6.45, 7) is 0.538. The molecule has 0 aliphatic carbocycles. The van der Waals surface area contributed by atoms with Crippen molar-refractivity contribution in [3.63, 3.8) is 0 Å². The Morgan fingerprint density at radius 1 is 1.29 bits per heavy atom. The number of nitrogens with one attached hydrogen (secondary N) is 1. The largest absolute Gasteiger partial charge is 0.454 e. The lowest BCUT2D eigenvalue weighted by molar-refractivity contribution is -0.133. The molecule has 2 aliphatic heterocycles. The molecular formula is C16H15N3O5. The number of nitrogens with zero attached hydrogens (tertiary/aromatic N) is 2. The summed E-state index contributed by atoms with van der Waals surface area (Å²) < 4.78 is 15.3. The molecule has 2 amide bonds. The molecule has 1 N–H and O–H groups in total. The standard InChI is InChI=1S/C16H15N3O5/c20-15-4-2-11(16(21)17-14-5-6-24-18-14)19(15)8-10-1-3-12-13(7-10)23-9-22-12/h1,3,5-7,11H,2,4,8-9H2,(H,17,18,21). The number of amides is 2. The number of anilines is 1. The van der Waals surface area contributed by atoms with E-state index in [1.165, 1.54) is 6.26 Å². The maximum absolute atomic E-state index is 12.4. The summed E-state index contributed by atoms with van der Waals surface area (Å²) in [6, 6.07) is 6.53. The topological polar surface area (TPSA) is 93.9 Å². The molecule has 1 atom stereocenters. The summed E-state index contributed by atoms with van der Waals surface area (Å²) in [6.07, 6.45) is 2.20. The fourth-order valence-electron chi connectivity index (χ4n) is 2.93. The van der Waals surface area contributed by atoms with Crippen LogP contribution >= 0.6 is 0 Å². The van der Waals surface area contributed by atoms with Crippen LogP contribution in [0.5, 0.6) is 11.5 Å². The van der Waals surface area contributed by atoms with Crippen molar-refractivity contribution in [2.45, 2.75) is 25.4 Å². The molecule has 3 heterocycles. The van der Waals surface area contributed by atoms with E-state index in [-0.39, 0.29) is 18.6 Å². The van der Waals surface area contributed by atoms with Crippen molar-refractivity contribution in [2.24, 2.45) is 0 Å². The Kier molecular flexibility index (Phi) is 3.56. The Balaban J connectivity index is 1.49. The van der Waals surface area contributed by atoms with E-state index in [0.717, 1.165) is 5.56 Å². The molecule has 1 aromatic carbocycles. The van der Waals surface area contributed by atoms with Crippen LogP contribution in [0.3, 0.4) is 0 Å². The van der Waals surface area contributed by atoms with Crippen molar-refractivity contribution in [2.75, 3.05) is 12.1 Å². The summed E-state index contributed by atoms with van der Waals surface area (Å²) in [4.78, 5) is 26.2. The normalized spacial score (nSPS) is 18.9. The summed E-state index contributed by atoms with van der Waals surface area (Å²) in [5, 5.41) is 6.31. The Hall–Kier alpha value is -3.03. The Morgan fingerprint density at radius 2 is 2.17 bits per heavy atom. The Morgan fingerprint density at radius 3 is 3.00 bits per heavy atom. The Bertz CT molecular complexity index is 774. The van der Waals surface area contributed by atoms with Gasteiger partial charge in [-0.25, -0.2) is 0 Å². The van der Waals surface area contributed by atoms with Gasteiger partial charge >= 0.3 is 0 Å². The molecule has 124 valence electrons. The van der Waals surface area contributed by atoms with Crippen LogP contribution in [0.2, 0.25) is 0 Å². The maximum atomic E-state index is 12.4. The molecule has 2 aromatic rings. The minimum absolute atomic E-state index is 0.0482. The van der Waals surface area contributed by atoms with E-state index in [9.17, 15) is 9.59 Å². The smallest absolute Gasteiger partial charge is 0.248 e. The molecule has 0 radical (unpaired) electrons. The number of carbonyl (C=O) groups excluding carboxylic acids is 2. The molecule has 1 aromatic heterocycles. The minimum atomic E-state index is -0.528. The lowest BCUT2D eigenvalue weighted by atomic mass is 10.1. The van der Waals surface area contributed by atoms with Crippen LogP contribution in [0.4, 0.5) is 5.82 Å². The number of hydrogen-bond acceptors (Lipinski definition) is 6. The first-order valence-electron chi connectivity index (χ1n) is 7.60. The third kappa shape index (κ3) is 2.66. The number of aromatic nitrogens is 1. The highest BCUT2D eigenvalue weighted by Gasteiger charge is 2.36. The Labute approximate surface area is 137 Å². The SMILES string of the molecule is O=C(Nc1ccon1)C1CCC(=O)N1Cc1ccc2c(c1)OCO2. The molecule has 0 saturated carbocycles. The lowest BCUT2D eigenvalue weighted by Crippen LogP contribution is -2.41. The van der Waals surface area contributed by atoms with Gasteiger partial charge in [0.1, 0.15) is 12.3 Å². The predicted octanol–water partition coefficient (Wildman–Crippen LogP) is 1.53. The summed E-state index contributed by atoms with van der Waals surface area (Å²) in [5.74, 6) is 1.36. The van der Waals surface area contributed by atoms with E-state index in [4.69, 9.17) is 14.0 Å². The number of benzene rings is 1. The van der Waals surface area contributed by atoms with Crippen molar-refractivity contribution in [3.05, 3.63) is 36.1 Å². The van der Waals surface area contributed by atoms with E-state index in [0.29, 0.717) is 36.7 Å². The van der Waals surface area contributed by atoms with E-state index >= 15 is 0 Å². The van der Waals surface area contributed by atoms with E-state index in [1.807, 2.05) is 18.2 Å². The highest BCUT2D eigenvalue weighted by molar-refractivity contribution is 5.98. The minimum Gasteiger partial charge on any atom is -0.454 e. The number of hydrogen-bond donors (Lipinski definition) is 1. The summed E-state index contributed by atoms with van der Waals surface area (Å²) >= 11 is 0. The third-order valence-corrected chi connectivity index (χ3v) is 4.11. The van der Waals surface area contributed by atoms with Crippen molar-refractivity contribution in [3.8, 4) is 11.5 Å². The zero-order valence-electron chi connectivity index (χ0n) is 12.7. The molecule has 4 rings (SSSR count). The maximum Gasteiger partial charge on any atom is 0.248 e. The number of ether oxygens (including phenoxy) is 2. The molecule has 0 spiro atoms. The van der Waals surface area contributed by atoms with Gasteiger partial charge < -0.3 is 24.2 Å². The molecule has 8 heteroatoms. The van der Waals surface area contributed by atoms with Crippen molar-refractivity contribution >= 4 is 17.6 Å². The van der Waals surface area contributed by atoms with Crippen molar-refractivity contribution in [1.82, 2.24) is 10.1 Å². The van der Waals surface area contributed by atoms with Gasteiger partial charge in [-0.3, -0.25) is 9.59 Å². The molecular weight excluding hydrogens is 314 g/mol. The van der Waals surface area contributed by atoms with Gasteiger partial charge in [-0.2, -0.15) is 0 Å². The van der Waals surface area contributed by atoms with Gasteiger partial charge in [-0.1, -0.05) is 11.2 Å². The first-order chi connectivity index (χ1) is 11.7. The summed E-state index contributed by atoms with van der Waals surface area (Å²) in [7, 11) is 0.